The topological polar surface area (TPSA) is 71.2 Å². The number of carbonyl (C=O) groups is 1. The second kappa shape index (κ2) is 5.64. The summed E-state index contributed by atoms with van der Waals surface area (Å²) in [6, 6.07) is 4.12. The minimum absolute atomic E-state index is 0.130. The number of carbonyl (C=O) groups excluding carboxylic acids is 1. The van der Waals surface area contributed by atoms with E-state index in [1.54, 1.807) is 6.07 Å². The molecule has 0 radical (unpaired) electrons. The fourth-order valence-corrected chi connectivity index (χ4v) is 2.57. The van der Waals surface area contributed by atoms with Crippen LogP contribution in [-0.4, -0.2) is 28.4 Å². The number of nitrogens with two attached hydrogens (primary N) is 1. The molecule has 5 heteroatoms. The summed E-state index contributed by atoms with van der Waals surface area (Å²) in [7, 11) is 0. The summed E-state index contributed by atoms with van der Waals surface area (Å²) in [4.78, 5) is 19.3. The van der Waals surface area contributed by atoms with E-state index in [1.165, 1.54) is 12.8 Å². The van der Waals surface area contributed by atoms with E-state index in [4.69, 9.17) is 5.84 Å². The highest BCUT2D eigenvalue weighted by Gasteiger charge is 2.37. The smallest absolute Gasteiger partial charge is 0.254 e. The number of rotatable bonds is 6. The fraction of sp³-hybridized carbons (Fsp3) is 0.625. The first-order valence-corrected chi connectivity index (χ1v) is 7.88. The zero-order valence-electron chi connectivity index (χ0n) is 12.8. The first-order valence-electron chi connectivity index (χ1n) is 7.88. The van der Waals surface area contributed by atoms with E-state index in [2.05, 4.69) is 29.2 Å². The average molecular weight is 288 g/mol. The van der Waals surface area contributed by atoms with Crippen LogP contribution >= 0.6 is 0 Å². The van der Waals surface area contributed by atoms with E-state index < -0.39 is 0 Å². The van der Waals surface area contributed by atoms with Gasteiger partial charge in [-0.05, 0) is 49.7 Å². The number of hydrazine groups is 1. The highest BCUT2D eigenvalue weighted by atomic mass is 16.2. The van der Waals surface area contributed by atoms with E-state index in [9.17, 15) is 4.79 Å². The summed E-state index contributed by atoms with van der Waals surface area (Å²) in [6.45, 7) is 5.05. The second-order valence-electron chi connectivity index (χ2n) is 6.60. The Labute approximate surface area is 125 Å². The lowest BCUT2D eigenvalue weighted by Crippen LogP contribution is -2.35. The summed E-state index contributed by atoms with van der Waals surface area (Å²) in [5.41, 5.74) is 4.17. The van der Waals surface area contributed by atoms with Crippen molar-refractivity contribution in [1.29, 1.82) is 0 Å². The molecule has 2 aliphatic rings. The van der Waals surface area contributed by atoms with Gasteiger partial charge >= 0.3 is 0 Å². The summed E-state index contributed by atoms with van der Waals surface area (Å²) in [6.07, 6.45) is 4.81. The van der Waals surface area contributed by atoms with E-state index >= 15 is 0 Å². The molecule has 0 aromatic carbocycles. The lowest BCUT2D eigenvalue weighted by molar-refractivity contribution is 0.0734. The largest absolute Gasteiger partial charge is 0.335 e. The van der Waals surface area contributed by atoms with Gasteiger partial charge in [0, 0.05) is 23.8 Å². The maximum absolute atomic E-state index is 12.9. The summed E-state index contributed by atoms with van der Waals surface area (Å²) < 4.78 is 0. The molecule has 3 N–H and O–H groups in total. The van der Waals surface area contributed by atoms with Crippen LogP contribution in [0, 0.1) is 5.92 Å². The molecule has 21 heavy (non-hydrogen) atoms. The minimum atomic E-state index is 0.130. The van der Waals surface area contributed by atoms with Crippen LogP contribution in [0.25, 0.3) is 0 Å². The molecule has 1 heterocycles. The normalized spacial score (nSPS) is 17.9. The highest BCUT2D eigenvalue weighted by molar-refractivity contribution is 5.95. The van der Waals surface area contributed by atoms with Gasteiger partial charge in [0.25, 0.3) is 5.91 Å². The van der Waals surface area contributed by atoms with Crippen molar-refractivity contribution in [3.8, 4) is 0 Å². The third-order valence-electron chi connectivity index (χ3n) is 4.23. The molecule has 2 saturated carbocycles. The first-order chi connectivity index (χ1) is 10.1. The van der Waals surface area contributed by atoms with Gasteiger partial charge in [-0.3, -0.25) is 4.79 Å². The van der Waals surface area contributed by atoms with E-state index in [-0.39, 0.29) is 11.8 Å². The van der Waals surface area contributed by atoms with Gasteiger partial charge < -0.3 is 10.3 Å². The monoisotopic (exact) mass is 288 g/mol. The Morgan fingerprint density at radius 3 is 2.62 bits per heavy atom. The number of hydrogen-bond donors (Lipinski definition) is 2. The Hall–Kier alpha value is -1.62. The highest BCUT2D eigenvalue weighted by Crippen LogP contribution is 2.35. The van der Waals surface area contributed by atoms with Crippen LogP contribution in [0.5, 0.6) is 0 Å². The van der Waals surface area contributed by atoms with Gasteiger partial charge in [0.1, 0.15) is 5.82 Å². The van der Waals surface area contributed by atoms with Crippen LogP contribution in [0.4, 0.5) is 5.82 Å². The summed E-state index contributed by atoms with van der Waals surface area (Å²) in [5, 5.41) is 0. The van der Waals surface area contributed by atoms with Crippen molar-refractivity contribution >= 4 is 11.7 Å². The molecule has 2 fully saturated rings. The van der Waals surface area contributed by atoms with Crippen LogP contribution in [0.15, 0.2) is 12.1 Å². The lowest BCUT2D eigenvalue weighted by atomic mass is 10.1. The van der Waals surface area contributed by atoms with Crippen LogP contribution < -0.4 is 11.3 Å². The molecule has 0 bridgehead atoms. The molecule has 0 atom stereocenters. The standard InChI is InChI=1S/C16H24N4O/c1-10(2)14-7-12(8-15(18-14)19-17)16(21)20(13-5-6-13)9-11-3-4-11/h7-8,10-11,13H,3-6,9,17H2,1-2H3,(H,18,19). The number of pyridine rings is 1. The van der Waals surface area contributed by atoms with Crippen LogP contribution in [0.1, 0.15) is 61.5 Å². The number of nitrogens with zero attached hydrogens (tertiary/aromatic N) is 2. The van der Waals surface area contributed by atoms with Crippen molar-refractivity contribution in [2.24, 2.45) is 11.8 Å². The Balaban J connectivity index is 1.85. The molecule has 0 aliphatic heterocycles. The molecule has 2 aliphatic carbocycles. The van der Waals surface area contributed by atoms with Gasteiger partial charge in [-0.1, -0.05) is 13.8 Å². The molecule has 5 nitrogen and oxygen atoms in total. The van der Waals surface area contributed by atoms with E-state index in [1.807, 2.05) is 6.07 Å². The summed E-state index contributed by atoms with van der Waals surface area (Å²) >= 11 is 0. The predicted molar refractivity (Wildman–Crippen MR) is 82.9 cm³/mol. The molecule has 0 saturated heterocycles. The van der Waals surface area contributed by atoms with Crippen LogP contribution in [-0.2, 0) is 0 Å². The number of nitrogen functional groups attached to an aromatic ring is 1. The first kappa shape index (κ1) is 14.3. The lowest BCUT2D eigenvalue weighted by Gasteiger charge is -2.23. The quantitative estimate of drug-likeness (QED) is 0.623. The number of amides is 1. The van der Waals surface area contributed by atoms with Crippen molar-refractivity contribution < 1.29 is 4.79 Å². The third kappa shape index (κ3) is 3.35. The molecule has 1 aromatic rings. The Kier molecular flexibility index (Phi) is 3.85. The number of anilines is 1. The number of aromatic nitrogens is 1. The molecule has 0 unspecified atom stereocenters. The molecule has 114 valence electrons. The SMILES string of the molecule is CC(C)c1cc(C(=O)N(CC2CC2)C2CC2)cc(NN)n1. The second-order valence-corrected chi connectivity index (χ2v) is 6.60. The maximum Gasteiger partial charge on any atom is 0.254 e. The minimum Gasteiger partial charge on any atom is -0.335 e. The Morgan fingerprint density at radius 2 is 2.10 bits per heavy atom. The van der Waals surface area contributed by atoms with Gasteiger partial charge in [-0.15, -0.1) is 0 Å². The van der Waals surface area contributed by atoms with Crippen LogP contribution in [0.2, 0.25) is 0 Å². The zero-order chi connectivity index (χ0) is 15.0. The summed E-state index contributed by atoms with van der Waals surface area (Å²) in [5.74, 6) is 7.16. The number of nitrogens with one attached hydrogen (secondary N) is 1. The fourth-order valence-electron chi connectivity index (χ4n) is 2.57. The third-order valence-corrected chi connectivity index (χ3v) is 4.23. The molecular formula is C16H24N4O. The van der Waals surface area contributed by atoms with Crippen molar-refractivity contribution in [2.45, 2.75) is 51.5 Å². The van der Waals surface area contributed by atoms with E-state index in [0.29, 0.717) is 23.3 Å². The van der Waals surface area contributed by atoms with Crippen molar-refractivity contribution in [3.63, 3.8) is 0 Å². The molecule has 0 spiro atoms. The van der Waals surface area contributed by atoms with Crippen molar-refractivity contribution in [2.75, 3.05) is 12.0 Å². The van der Waals surface area contributed by atoms with Gasteiger partial charge in [0.15, 0.2) is 0 Å². The van der Waals surface area contributed by atoms with Gasteiger partial charge in [0.05, 0.1) is 0 Å². The zero-order valence-corrected chi connectivity index (χ0v) is 12.8. The van der Waals surface area contributed by atoms with Gasteiger partial charge in [-0.2, -0.15) is 0 Å². The molecule has 1 amide bonds. The Morgan fingerprint density at radius 1 is 1.38 bits per heavy atom. The van der Waals surface area contributed by atoms with Crippen molar-refractivity contribution in [3.05, 3.63) is 23.4 Å². The molecule has 1 aromatic heterocycles. The average Bonchev–Trinajstić information content (AvgIpc) is 3.36. The van der Waals surface area contributed by atoms with Gasteiger partial charge in [-0.25, -0.2) is 10.8 Å². The molecular weight excluding hydrogens is 264 g/mol. The predicted octanol–water partition coefficient (Wildman–Crippen LogP) is 2.51. The Bertz CT molecular complexity index is 535. The van der Waals surface area contributed by atoms with Crippen LogP contribution in [0.3, 0.4) is 0 Å². The van der Waals surface area contributed by atoms with Crippen molar-refractivity contribution in [1.82, 2.24) is 9.88 Å². The van der Waals surface area contributed by atoms with E-state index in [0.717, 1.165) is 25.1 Å². The van der Waals surface area contributed by atoms with Gasteiger partial charge in [0.2, 0.25) is 0 Å². The molecule has 3 rings (SSSR count). The maximum atomic E-state index is 12.9. The number of hydrogen-bond acceptors (Lipinski definition) is 4.